The van der Waals surface area contributed by atoms with E-state index in [2.05, 4.69) is 16.2 Å². The van der Waals surface area contributed by atoms with Gasteiger partial charge in [-0.2, -0.15) is 0 Å². The van der Waals surface area contributed by atoms with Gasteiger partial charge in [-0.3, -0.25) is 0 Å². The normalized spacial score (nSPS) is 12.8. The zero-order valence-corrected chi connectivity index (χ0v) is 8.73. The maximum atomic E-state index is 5.32. The van der Waals surface area contributed by atoms with Crippen LogP contribution in [0.5, 0.6) is 11.5 Å². The smallest absolute Gasteiger partial charge is 0.231 e. The zero-order valence-electron chi connectivity index (χ0n) is 8.73. The Morgan fingerprint density at radius 3 is 3.00 bits per heavy atom. The molecule has 0 N–H and O–H groups in total. The predicted octanol–water partition coefficient (Wildman–Crippen LogP) is 1.98. The molecule has 2 heterocycles. The summed E-state index contributed by atoms with van der Waals surface area (Å²) in [7, 11) is 0. The van der Waals surface area contributed by atoms with Crippen LogP contribution in [0.2, 0.25) is 0 Å². The number of ether oxygens (including phenoxy) is 2. The van der Waals surface area contributed by atoms with E-state index in [0.29, 0.717) is 0 Å². The number of fused-ring (bicyclic) bond motifs is 1. The van der Waals surface area contributed by atoms with Gasteiger partial charge < -0.3 is 9.47 Å². The van der Waals surface area contributed by atoms with E-state index in [-0.39, 0.29) is 6.79 Å². The maximum absolute atomic E-state index is 5.32. The van der Waals surface area contributed by atoms with Crippen LogP contribution in [0.4, 0.5) is 0 Å². The summed E-state index contributed by atoms with van der Waals surface area (Å²) in [6, 6.07) is 5.77. The summed E-state index contributed by atoms with van der Waals surface area (Å²) < 4.78 is 10.6. The van der Waals surface area contributed by atoms with E-state index < -0.39 is 0 Å². The van der Waals surface area contributed by atoms with Gasteiger partial charge in [0.2, 0.25) is 6.79 Å². The zero-order chi connectivity index (χ0) is 11.0. The second-order valence-electron chi connectivity index (χ2n) is 3.53. The summed E-state index contributed by atoms with van der Waals surface area (Å²) in [4.78, 5) is 8.09. The molecule has 79 valence electrons. The molecule has 1 radical (unpaired) electrons. The van der Waals surface area contributed by atoms with Crippen LogP contribution in [0, 0.1) is 13.1 Å². The molecule has 0 fully saturated rings. The molecule has 1 aliphatic heterocycles. The third-order valence-corrected chi connectivity index (χ3v) is 2.48. The highest BCUT2D eigenvalue weighted by atomic mass is 16.7. The molecule has 0 saturated carbocycles. The fraction of sp³-hybridized carbons (Fsp3) is 0.167. The van der Waals surface area contributed by atoms with Crippen LogP contribution in [0.25, 0.3) is 11.3 Å². The lowest BCUT2D eigenvalue weighted by atomic mass is 10.1. The average Bonchev–Trinajstić information content (AvgIpc) is 2.76. The van der Waals surface area contributed by atoms with E-state index >= 15 is 0 Å². The van der Waals surface area contributed by atoms with Crippen LogP contribution in [0.15, 0.2) is 24.5 Å². The molecule has 1 aliphatic rings. The third-order valence-electron chi connectivity index (χ3n) is 2.48. The fourth-order valence-corrected chi connectivity index (χ4v) is 1.70. The maximum Gasteiger partial charge on any atom is 0.231 e. The van der Waals surface area contributed by atoms with Crippen LogP contribution < -0.4 is 9.47 Å². The third kappa shape index (κ3) is 1.39. The first-order valence-electron chi connectivity index (χ1n) is 4.94. The molecule has 0 atom stereocenters. The lowest BCUT2D eigenvalue weighted by Gasteiger charge is -2.04. The Balaban J connectivity index is 2.11. The second kappa shape index (κ2) is 3.48. The van der Waals surface area contributed by atoms with Gasteiger partial charge in [-0.1, -0.05) is 0 Å². The standard InChI is InChI=1S/C12H9N2O2/c1-8-5-13-6-14-12(8)9-2-3-10-11(4-9)16-7-15-10/h2-4,6H,7H2,1H3. The number of rotatable bonds is 1. The summed E-state index contributed by atoms with van der Waals surface area (Å²) in [5.41, 5.74) is 2.77. The molecule has 2 aromatic rings. The highest BCUT2D eigenvalue weighted by Crippen LogP contribution is 2.35. The largest absolute Gasteiger partial charge is 0.454 e. The topological polar surface area (TPSA) is 44.2 Å². The van der Waals surface area contributed by atoms with Crippen LogP contribution in [-0.2, 0) is 0 Å². The summed E-state index contributed by atoms with van der Waals surface area (Å²) in [6.07, 6.45) is 4.37. The molecule has 4 heteroatoms. The van der Waals surface area contributed by atoms with Gasteiger partial charge in [0, 0.05) is 11.1 Å². The molecular formula is C12H9N2O2. The molecule has 0 aliphatic carbocycles. The highest BCUT2D eigenvalue weighted by molar-refractivity contribution is 5.66. The summed E-state index contributed by atoms with van der Waals surface area (Å²) in [6.45, 7) is 2.22. The Hall–Kier alpha value is -2.10. The van der Waals surface area contributed by atoms with Crippen molar-refractivity contribution in [2.24, 2.45) is 0 Å². The van der Waals surface area contributed by atoms with Crippen LogP contribution in [-0.4, -0.2) is 16.8 Å². The lowest BCUT2D eigenvalue weighted by Crippen LogP contribution is -1.93. The van der Waals surface area contributed by atoms with Gasteiger partial charge in [-0.05, 0) is 25.1 Å². The van der Waals surface area contributed by atoms with Gasteiger partial charge in [-0.15, -0.1) is 0 Å². The average molecular weight is 213 g/mol. The van der Waals surface area contributed by atoms with E-state index in [1.54, 1.807) is 0 Å². The molecule has 0 bridgehead atoms. The quantitative estimate of drug-likeness (QED) is 0.726. The van der Waals surface area contributed by atoms with Crippen molar-refractivity contribution in [3.05, 3.63) is 36.3 Å². The monoisotopic (exact) mass is 213 g/mol. The minimum Gasteiger partial charge on any atom is -0.454 e. The molecule has 1 aromatic heterocycles. The van der Waals surface area contributed by atoms with Gasteiger partial charge >= 0.3 is 0 Å². The number of aromatic nitrogens is 2. The summed E-state index contributed by atoms with van der Waals surface area (Å²) >= 11 is 0. The van der Waals surface area contributed by atoms with Crippen LogP contribution in [0.1, 0.15) is 5.56 Å². The fourth-order valence-electron chi connectivity index (χ4n) is 1.70. The minimum absolute atomic E-state index is 0.285. The Morgan fingerprint density at radius 1 is 1.25 bits per heavy atom. The molecule has 0 saturated heterocycles. The molecule has 0 amide bonds. The van der Waals surface area contributed by atoms with Gasteiger partial charge in [0.25, 0.3) is 0 Å². The van der Waals surface area contributed by atoms with E-state index in [4.69, 9.17) is 9.47 Å². The Bertz CT molecular complexity index is 540. The number of hydrogen-bond donors (Lipinski definition) is 0. The van der Waals surface area contributed by atoms with Crippen molar-refractivity contribution >= 4 is 0 Å². The SMILES string of the molecule is Cc1[c]ncnc1-c1ccc2c(c1)OCO2. The second-order valence-corrected chi connectivity index (χ2v) is 3.53. The first-order valence-corrected chi connectivity index (χ1v) is 4.94. The number of hydrogen-bond acceptors (Lipinski definition) is 4. The van der Waals surface area contributed by atoms with Crippen molar-refractivity contribution in [2.75, 3.05) is 6.79 Å². The molecule has 1 aromatic carbocycles. The van der Waals surface area contributed by atoms with Crippen LogP contribution in [0.3, 0.4) is 0 Å². The van der Waals surface area contributed by atoms with E-state index in [0.717, 1.165) is 28.3 Å². The van der Waals surface area contributed by atoms with E-state index in [1.165, 1.54) is 6.33 Å². The lowest BCUT2D eigenvalue weighted by molar-refractivity contribution is 0.174. The number of benzene rings is 1. The van der Waals surface area contributed by atoms with Gasteiger partial charge in [0.15, 0.2) is 11.5 Å². The van der Waals surface area contributed by atoms with Crippen LogP contribution >= 0.6 is 0 Å². The molecule has 3 rings (SSSR count). The van der Waals surface area contributed by atoms with Crippen molar-refractivity contribution in [1.29, 1.82) is 0 Å². The molecular weight excluding hydrogens is 204 g/mol. The number of aryl methyl sites for hydroxylation is 1. The summed E-state index contributed by atoms with van der Waals surface area (Å²) in [5.74, 6) is 1.54. The molecule has 0 spiro atoms. The van der Waals surface area contributed by atoms with Gasteiger partial charge in [-0.25, -0.2) is 9.97 Å². The first kappa shape index (κ1) is 9.15. The van der Waals surface area contributed by atoms with Crippen molar-refractivity contribution in [3.63, 3.8) is 0 Å². The first-order chi connectivity index (χ1) is 7.84. The Kier molecular flexibility index (Phi) is 1.99. The van der Waals surface area contributed by atoms with Crippen molar-refractivity contribution in [1.82, 2.24) is 9.97 Å². The summed E-state index contributed by atoms with van der Waals surface area (Å²) in [5, 5.41) is 0. The van der Waals surface area contributed by atoms with Crippen molar-refractivity contribution in [3.8, 4) is 22.8 Å². The highest BCUT2D eigenvalue weighted by Gasteiger charge is 2.14. The van der Waals surface area contributed by atoms with Crippen molar-refractivity contribution in [2.45, 2.75) is 6.92 Å². The molecule has 16 heavy (non-hydrogen) atoms. The minimum atomic E-state index is 0.285. The van der Waals surface area contributed by atoms with Gasteiger partial charge in [0.1, 0.15) is 6.33 Å². The molecule has 0 unspecified atom stereocenters. The molecule has 4 nitrogen and oxygen atoms in total. The Labute approximate surface area is 92.9 Å². The van der Waals surface area contributed by atoms with Crippen molar-refractivity contribution < 1.29 is 9.47 Å². The Morgan fingerprint density at radius 2 is 2.12 bits per heavy atom. The van der Waals surface area contributed by atoms with Gasteiger partial charge in [0.05, 0.1) is 11.9 Å². The predicted molar refractivity (Wildman–Crippen MR) is 57.2 cm³/mol. The number of nitrogens with zero attached hydrogens (tertiary/aromatic N) is 2. The van der Waals surface area contributed by atoms with E-state index in [9.17, 15) is 0 Å². The van der Waals surface area contributed by atoms with E-state index in [1.807, 2.05) is 25.1 Å².